The molecule has 2 heterocycles. The second kappa shape index (κ2) is 3.23. The smallest absolute Gasteiger partial charge is 0.0450 e. The second-order valence-electron chi connectivity index (χ2n) is 3.39. The monoisotopic (exact) mass is 162 g/mol. The van der Waals surface area contributed by atoms with Crippen LogP contribution in [-0.4, -0.2) is 17.6 Å². The van der Waals surface area contributed by atoms with Crippen LogP contribution in [0, 0.1) is 0 Å². The van der Waals surface area contributed by atoms with Gasteiger partial charge in [-0.15, -0.1) is 0 Å². The van der Waals surface area contributed by atoms with E-state index in [-0.39, 0.29) is 0 Å². The van der Waals surface area contributed by atoms with Crippen LogP contribution in [0.5, 0.6) is 0 Å². The predicted molar refractivity (Wildman–Crippen MR) is 49.1 cm³/mol. The quantitative estimate of drug-likeness (QED) is 0.677. The minimum absolute atomic E-state index is 0.583. The summed E-state index contributed by atoms with van der Waals surface area (Å²) >= 11 is 0. The van der Waals surface area contributed by atoms with Gasteiger partial charge < -0.3 is 5.32 Å². The maximum absolute atomic E-state index is 4.37. The Bertz CT molecular complexity index is 245. The highest BCUT2D eigenvalue weighted by atomic mass is 15.0. The highest BCUT2D eigenvalue weighted by Crippen LogP contribution is 2.25. The molecule has 0 radical (unpaired) electrons. The Balaban J connectivity index is 2.19. The molecular formula is C10H14N2. The van der Waals surface area contributed by atoms with Crippen LogP contribution in [0.4, 0.5) is 0 Å². The molecule has 12 heavy (non-hydrogen) atoms. The molecule has 2 rings (SSSR count). The first-order valence-corrected chi connectivity index (χ1v) is 4.52. The standard InChI is InChI=1S/C10H14N2/c1-8-9(5-7-11-8)10-4-2-3-6-12-10/h2-4,6,8-9,11H,5,7H2,1H3. The molecule has 2 nitrogen and oxygen atoms in total. The zero-order valence-electron chi connectivity index (χ0n) is 7.33. The second-order valence-corrected chi connectivity index (χ2v) is 3.39. The largest absolute Gasteiger partial charge is 0.314 e. The van der Waals surface area contributed by atoms with Gasteiger partial charge in [0.05, 0.1) is 0 Å². The van der Waals surface area contributed by atoms with Gasteiger partial charge in [0.25, 0.3) is 0 Å². The van der Waals surface area contributed by atoms with Gasteiger partial charge in [-0.2, -0.15) is 0 Å². The molecule has 0 bridgehead atoms. The Kier molecular flexibility index (Phi) is 2.09. The van der Waals surface area contributed by atoms with E-state index in [1.54, 1.807) is 0 Å². The summed E-state index contributed by atoms with van der Waals surface area (Å²) in [6.45, 7) is 3.36. The number of aromatic nitrogens is 1. The van der Waals surface area contributed by atoms with E-state index in [1.165, 1.54) is 12.1 Å². The maximum Gasteiger partial charge on any atom is 0.0450 e. The van der Waals surface area contributed by atoms with E-state index < -0.39 is 0 Å². The highest BCUT2D eigenvalue weighted by Gasteiger charge is 2.24. The van der Waals surface area contributed by atoms with Crippen molar-refractivity contribution in [1.29, 1.82) is 0 Å². The van der Waals surface area contributed by atoms with Crippen molar-refractivity contribution in [3.8, 4) is 0 Å². The van der Waals surface area contributed by atoms with Gasteiger partial charge in [0, 0.05) is 23.9 Å². The van der Waals surface area contributed by atoms with Crippen LogP contribution in [0.15, 0.2) is 24.4 Å². The lowest BCUT2D eigenvalue weighted by molar-refractivity contribution is 0.582. The van der Waals surface area contributed by atoms with Crippen LogP contribution in [0.2, 0.25) is 0 Å². The molecule has 2 unspecified atom stereocenters. The maximum atomic E-state index is 4.37. The number of rotatable bonds is 1. The molecule has 2 atom stereocenters. The van der Waals surface area contributed by atoms with Crippen molar-refractivity contribution in [3.05, 3.63) is 30.1 Å². The van der Waals surface area contributed by atoms with Crippen LogP contribution in [-0.2, 0) is 0 Å². The molecule has 0 saturated carbocycles. The molecule has 1 fully saturated rings. The van der Waals surface area contributed by atoms with Crippen LogP contribution in [0.25, 0.3) is 0 Å². The minimum Gasteiger partial charge on any atom is -0.314 e. The SMILES string of the molecule is CC1NCCC1c1ccccn1. The lowest BCUT2D eigenvalue weighted by atomic mass is 9.98. The third kappa shape index (κ3) is 1.34. The molecule has 2 heteroatoms. The zero-order valence-corrected chi connectivity index (χ0v) is 7.33. The fourth-order valence-corrected chi connectivity index (χ4v) is 1.86. The van der Waals surface area contributed by atoms with Gasteiger partial charge in [0.2, 0.25) is 0 Å². The van der Waals surface area contributed by atoms with E-state index in [2.05, 4.69) is 29.4 Å². The van der Waals surface area contributed by atoms with Crippen LogP contribution < -0.4 is 5.32 Å². The van der Waals surface area contributed by atoms with Crippen molar-refractivity contribution in [2.75, 3.05) is 6.54 Å². The topological polar surface area (TPSA) is 24.9 Å². The molecule has 0 spiro atoms. The number of nitrogens with one attached hydrogen (secondary N) is 1. The molecule has 0 aliphatic carbocycles. The number of nitrogens with zero attached hydrogens (tertiary/aromatic N) is 1. The van der Waals surface area contributed by atoms with E-state index in [4.69, 9.17) is 0 Å². The van der Waals surface area contributed by atoms with Crippen molar-refractivity contribution in [3.63, 3.8) is 0 Å². The molecule has 1 aliphatic heterocycles. The van der Waals surface area contributed by atoms with E-state index in [0.29, 0.717) is 12.0 Å². The Labute approximate surface area is 73.0 Å². The first kappa shape index (κ1) is 7.74. The number of hydrogen-bond acceptors (Lipinski definition) is 2. The Morgan fingerprint density at radius 2 is 2.42 bits per heavy atom. The lowest BCUT2D eigenvalue weighted by Gasteiger charge is -2.13. The van der Waals surface area contributed by atoms with E-state index in [9.17, 15) is 0 Å². The molecule has 1 N–H and O–H groups in total. The van der Waals surface area contributed by atoms with Gasteiger partial charge in [-0.3, -0.25) is 4.98 Å². The summed E-state index contributed by atoms with van der Waals surface area (Å²) in [4.78, 5) is 4.37. The van der Waals surface area contributed by atoms with Gasteiger partial charge in [-0.1, -0.05) is 6.07 Å². The number of pyridine rings is 1. The minimum atomic E-state index is 0.583. The summed E-state index contributed by atoms with van der Waals surface area (Å²) in [6, 6.07) is 6.73. The third-order valence-electron chi connectivity index (χ3n) is 2.59. The molecule has 1 aromatic heterocycles. The molecule has 1 saturated heterocycles. The molecule has 1 aromatic rings. The first-order valence-electron chi connectivity index (χ1n) is 4.52. The average molecular weight is 162 g/mol. The molecule has 1 aliphatic rings. The summed E-state index contributed by atoms with van der Waals surface area (Å²) in [6.07, 6.45) is 3.10. The van der Waals surface area contributed by atoms with Crippen molar-refractivity contribution in [2.24, 2.45) is 0 Å². The van der Waals surface area contributed by atoms with Crippen molar-refractivity contribution in [1.82, 2.24) is 10.3 Å². The Hall–Kier alpha value is -0.890. The summed E-state index contributed by atoms with van der Waals surface area (Å²) in [7, 11) is 0. The first-order chi connectivity index (χ1) is 5.88. The van der Waals surface area contributed by atoms with E-state index in [0.717, 1.165) is 6.54 Å². The average Bonchev–Trinajstić information content (AvgIpc) is 2.53. The van der Waals surface area contributed by atoms with Crippen molar-refractivity contribution >= 4 is 0 Å². The van der Waals surface area contributed by atoms with Gasteiger partial charge >= 0.3 is 0 Å². The zero-order chi connectivity index (χ0) is 8.39. The highest BCUT2D eigenvalue weighted by molar-refractivity contribution is 5.13. The molecule has 0 aromatic carbocycles. The van der Waals surface area contributed by atoms with Gasteiger partial charge in [0.15, 0.2) is 0 Å². The van der Waals surface area contributed by atoms with Crippen molar-refractivity contribution < 1.29 is 0 Å². The van der Waals surface area contributed by atoms with Crippen molar-refractivity contribution in [2.45, 2.75) is 25.3 Å². The van der Waals surface area contributed by atoms with Gasteiger partial charge in [-0.25, -0.2) is 0 Å². The fraction of sp³-hybridized carbons (Fsp3) is 0.500. The molecule has 0 amide bonds. The van der Waals surface area contributed by atoms with E-state index in [1.807, 2.05) is 12.3 Å². The molecular weight excluding hydrogens is 148 g/mol. The van der Waals surface area contributed by atoms with E-state index >= 15 is 0 Å². The Morgan fingerprint density at radius 1 is 1.50 bits per heavy atom. The summed E-state index contributed by atoms with van der Waals surface area (Å²) in [5.41, 5.74) is 1.23. The third-order valence-corrected chi connectivity index (χ3v) is 2.59. The van der Waals surface area contributed by atoms with Crippen LogP contribution in [0.1, 0.15) is 25.0 Å². The Morgan fingerprint density at radius 3 is 3.00 bits per heavy atom. The van der Waals surface area contributed by atoms with Crippen LogP contribution >= 0.6 is 0 Å². The summed E-state index contributed by atoms with van der Waals surface area (Å²) in [5, 5.41) is 3.43. The lowest BCUT2D eigenvalue weighted by Crippen LogP contribution is -2.21. The molecule has 64 valence electrons. The normalized spacial score (nSPS) is 29.1. The summed E-state index contributed by atoms with van der Waals surface area (Å²) < 4.78 is 0. The van der Waals surface area contributed by atoms with Gasteiger partial charge in [-0.05, 0) is 32.0 Å². The van der Waals surface area contributed by atoms with Gasteiger partial charge in [0.1, 0.15) is 0 Å². The predicted octanol–water partition coefficient (Wildman–Crippen LogP) is 1.55. The van der Waals surface area contributed by atoms with Crippen LogP contribution in [0.3, 0.4) is 0 Å². The fourth-order valence-electron chi connectivity index (χ4n) is 1.86. The summed E-state index contributed by atoms with van der Waals surface area (Å²) in [5.74, 6) is 0.617. The number of hydrogen-bond donors (Lipinski definition) is 1.